The van der Waals surface area contributed by atoms with Crippen LogP contribution in [-0.2, 0) is 4.74 Å². The molecular weight excluding hydrogens is 162 g/mol. The van der Waals surface area contributed by atoms with Crippen molar-refractivity contribution < 1.29 is 4.74 Å². The van der Waals surface area contributed by atoms with Gasteiger partial charge in [0, 0.05) is 19.3 Å². The quantitative estimate of drug-likeness (QED) is 0.666. The summed E-state index contributed by atoms with van der Waals surface area (Å²) in [7, 11) is 0. The fourth-order valence-electron chi connectivity index (χ4n) is 1.98. The smallest absolute Gasteiger partial charge is 0.0488 e. The molecule has 0 amide bonds. The summed E-state index contributed by atoms with van der Waals surface area (Å²) in [6, 6.07) is 0.447. The second-order valence-electron chi connectivity index (χ2n) is 4.61. The average Bonchev–Trinajstić information content (AvgIpc) is 2.45. The fourth-order valence-corrected chi connectivity index (χ4v) is 1.98. The standard InChI is InChI=1S/C11H23NO/c1-9(2)8-13-7-6-10-4-3-5-11(10)12/h9-11H,3-8,12H2,1-2H3. The summed E-state index contributed by atoms with van der Waals surface area (Å²) in [5, 5.41) is 0. The minimum Gasteiger partial charge on any atom is -0.381 e. The normalized spacial score (nSPS) is 28.6. The predicted molar refractivity (Wildman–Crippen MR) is 55.6 cm³/mol. The Bertz CT molecular complexity index is 136. The summed E-state index contributed by atoms with van der Waals surface area (Å²) < 4.78 is 5.55. The van der Waals surface area contributed by atoms with Crippen molar-refractivity contribution >= 4 is 0 Å². The third-order valence-electron chi connectivity index (χ3n) is 2.80. The lowest BCUT2D eigenvalue weighted by atomic mass is 10.0. The third-order valence-corrected chi connectivity index (χ3v) is 2.80. The molecular formula is C11H23NO. The molecule has 78 valence electrons. The van der Waals surface area contributed by atoms with E-state index in [1.807, 2.05) is 0 Å². The van der Waals surface area contributed by atoms with E-state index in [-0.39, 0.29) is 0 Å². The van der Waals surface area contributed by atoms with E-state index in [1.54, 1.807) is 0 Å². The predicted octanol–water partition coefficient (Wildman–Crippen LogP) is 2.18. The molecule has 0 heterocycles. The molecule has 0 aromatic rings. The highest BCUT2D eigenvalue weighted by Gasteiger charge is 2.23. The van der Waals surface area contributed by atoms with Gasteiger partial charge in [-0.1, -0.05) is 20.3 Å². The van der Waals surface area contributed by atoms with E-state index in [9.17, 15) is 0 Å². The molecule has 1 aliphatic carbocycles. The first-order valence-electron chi connectivity index (χ1n) is 5.53. The molecule has 2 atom stereocenters. The third kappa shape index (κ3) is 4.10. The maximum atomic E-state index is 5.97. The Morgan fingerprint density at radius 1 is 1.38 bits per heavy atom. The molecule has 13 heavy (non-hydrogen) atoms. The molecule has 0 spiro atoms. The number of rotatable bonds is 5. The first-order valence-corrected chi connectivity index (χ1v) is 5.53. The summed E-state index contributed by atoms with van der Waals surface area (Å²) in [6.07, 6.45) is 5.00. The summed E-state index contributed by atoms with van der Waals surface area (Å²) in [5.41, 5.74) is 5.97. The highest BCUT2D eigenvalue weighted by Crippen LogP contribution is 2.26. The van der Waals surface area contributed by atoms with Crippen molar-refractivity contribution in [2.45, 2.75) is 45.6 Å². The van der Waals surface area contributed by atoms with Crippen LogP contribution in [0.3, 0.4) is 0 Å². The molecule has 0 aliphatic heterocycles. The van der Waals surface area contributed by atoms with E-state index < -0.39 is 0 Å². The number of nitrogens with two attached hydrogens (primary N) is 1. The Balaban J connectivity index is 1.99. The monoisotopic (exact) mass is 185 g/mol. The zero-order valence-electron chi connectivity index (χ0n) is 8.96. The van der Waals surface area contributed by atoms with Crippen LogP contribution in [0, 0.1) is 11.8 Å². The van der Waals surface area contributed by atoms with Gasteiger partial charge in [0.15, 0.2) is 0 Å². The van der Waals surface area contributed by atoms with Gasteiger partial charge in [0.05, 0.1) is 0 Å². The van der Waals surface area contributed by atoms with Crippen molar-refractivity contribution in [3.8, 4) is 0 Å². The summed E-state index contributed by atoms with van der Waals surface area (Å²) in [6.45, 7) is 6.15. The maximum absolute atomic E-state index is 5.97. The first kappa shape index (κ1) is 11.0. The zero-order valence-corrected chi connectivity index (χ0v) is 8.96. The molecule has 1 fully saturated rings. The molecule has 0 aromatic carbocycles. The van der Waals surface area contributed by atoms with Gasteiger partial charge in [0.1, 0.15) is 0 Å². The van der Waals surface area contributed by atoms with E-state index in [0.29, 0.717) is 12.0 Å². The molecule has 2 nitrogen and oxygen atoms in total. The largest absolute Gasteiger partial charge is 0.381 e. The number of hydrogen-bond donors (Lipinski definition) is 1. The maximum Gasteiger partial charge on any atom is 0.0488 e. The van der Waals surface area contributed by atoms with Crippen LogP contribution in [0.5, 0.6) is 0 Å². The van der Waals surface area contributed by atoms with Crippen molar-refractivity contribution in [3.63, 3.8) is 0 Å². The van der Waals surface area contributed by atoms with Crippen LogP contribution in [0.2, 0.25) is 0 Å². The van der Waals surface area contributed by atoms with E-state index in [1.165, 1.54) is 19.3 Å². The van der Waals surface area contributed by atoms with Crippen molar-refractivity contribution in [2.75, 3.05) is 13.2 Å². The molecule has 1 rings (SSSR count). The van der Waals surface area contributed by atoms with Crippen molar-refractivity contribution in [2.24, 2.45) is 17.6 Å². The van der Waals surface area contributed by atoms with Crippen LogP contribution in [0.4, 0.5) is 0 Å². The van der Waals surface area contributed by atoms with Crippen molar-refractivity contribution in [1.82, 2.24) is 0 Å². The van der Waals surface area contributed by atoms with Crippen molar-refractivity contribution in [1.29, 1.82) is 0 Å². The Hall–Kier alpha value is -0.0800. The van der Waals surface area contributed by atoms with Crippen LogP contribution in [-0.4, -0.2) is 19.3 Å². The summed E-state index contributed by atoms with van der Waals surface area (Å²) in [5.74, 6) is 1.38. The van der Waals surface area contributed by atoms with Crippen LogP contribution >= 0.6 is 0 Å². The lowest BCUT2D eigenvalue weighted by Gasteiger charge is -2.15. The van der Waals surface area contributed by atoms with E-state index in [4.69, 9.17) is 10.5 Å². The van der Waals surface area contributed by atoms with Gasteiger partial charge in [-0.05, 0) is 31.1 Å². The average molecular weight is 185 g/mol. The molecule has 0 bridgehead atoms. The Labute approximate surface area is 81.8 Å². The van der Waals surface area contributed by atoms with Crippen LogP contribution in [0.15, 0.2) is 0 Å². The Kier molecular flexibility index (Phi) is 4.74. The van der Waals surface area contributed by atoms with Gasteiger partial charge >= 0.3 is 0 Å². The van der Waals surface area contributed by atoms with Crippen molar-refractivity contribution in [3.05, 3.63) is 0 Å². The Morgan fingerprint density at radius 2 is 2.15 bits per heavy atom. The van der Waals surface area contributed by atoms with Gasteiger partial charge in [0.2, 0.25) is 0 Å². The lowest BCUT2D eigenvalue weighted by molar-refractivity contribution is 0.0968. The second-order valence-corrected chi connectivity index (χ2v) is 4.61. The SMILES string of the molecule is CC(C)COCCC1CCCC1N. The van der Waals surface area contributed by atoms with Gasteiger partial charge in [0.25, 0.3) is 0 Å². The first-order chi connectivity index (χ1) is 6.20. The van der Waals surface area contributed by atoms with Gasteiger partial charge in [-0.3, -0.25) is 0 Å². The minimum absolute atomic E-state index is 0.447. The Morgan fingerprint density at radius 3 is 2.69 bits per heavy atom. The molecule has 1 saturated carbocycles. The molecule has 0 radical (unpaired) electrons. The van der Waals surface area contributed by atoms with Gasteiger partial charge in [-0.2, -0.15) is 0 Å². The molecule has 1 aliphatic rings. The van der Waals surface area contributed by atoms with E-state index in [2.05, 4.69) is 13.8 Å². The van der Waals surface area contributed by atoms with Crippen LogP contribution in [0.25, 0.3) is 0 Å². The summed E-state index contributed by atoms with van der Waals surface area (Å²) in [4.78, 5) is 0. The fraction of sp³-hybridized carbons (Fsp3) is 1.00. The van der Waals surface area contributed by atoms with Gasteiger partial charge < -0.3 is 10.5 Å². The van der Waals surface area contributed by atoms with E-state index in [0.717, 1.165) is 25.6 Å². The lowest BCUT2D eigenvalue weighted by Crippen LogP contribution is -2.25. The highest BCUT2D eigenvalue weighted by atomic mass is 16.5. The molecule has 0 aromatic heterocycles. The molecule has 2 unspecified atom stereocenters. The van der Waals surface area contributed by atoms with Gasteiger partial charge in [-0.25, -0.2) is 0 Å². The van der Waals surface area contributed by atoms with Crippen LogP contribution in [0.1, 0.15) is 39.5 Å². The van der Waals surface area contributed by atoms with E-state index >= 15 is 0 Å². The summed E-state index contributed by atoms with van der Waals surface area (Å²) >= 11 is 0. The minimum atomic E-state index is 0.447. The molecule has 2 heteroatoms. The van der Waals surface area contributed by atoms with Crippen LogP contribution < -0.4 is 5.73 Å². The molecule has 2 N–H and O–H groups in total. The topological polar surface area (TPSA) is 35.2 Å². The highest BCUT2D eigenvalue weighted by molar-refractivity contribution is 4.79. The number of ether oxygens (including phenoxy) is 1. The second kappa shape index (κ2) is 5.61. The number of hydrogen-bond acceptors (Lipinski definition) is 2. The zero-order chi connectivity index (χ0) is 9.68. The van der Waals surface area contributed by atoms with Gasteiger partial charge in [-0.15, -0.1) is 0 Å². The molecule has 0 saturated heterocycles.